The summed E-state index contributed by atoms with van der Waals surface area (Å²) < 4.78 is 2.30. The molecule has 1 aromatic rings. The summed E-state index contributed by atoms with van der Waals surface area (Å²) in [6, 6.07) is 0.575. The van der Waals surface area contributed by atoms with Gasteiger partial charge in [0.1, 0.15) is 0 Å². The highest BCUT2D eigenvalue weighted by atomic mass is 15.3. The van der Waals surface area contributed by atoms with E-state index in [0.29, 0.717) is 12.0 Å². The molecule has 0 radical (unpaired) electrons. The van der Waals surface area contributed by atoms with Crippen LogP contribution in [0.2, 0.25) is 0 Å². The highest BCUT2D eigenvalue weighted by Crippen LogP contribution is 2.20. The smallest absolute Gasteiger partial charge is 0.205 e. The molecule has 0 bridgehead atoms. The maximum absolute atomic E-state index is 4.70. The molecule has 1 unspecified atom stereocenters. The summed E-state index contributed by atoms with van der Waals surface area (Å²) >= 11 is 0. The zero-order valence-electron chi connectivity index (χ0n) is 12.1. The normalized spacial score (nSPS) is 20.4. The molecule has 1 aliphatic heterocycles. The van der Waals surface area contributed by atoms with Gasteiger partial charge in [-0.3, -0.25) is 0 Å². The van der Waals surface area contributed by atoms with Crippen LogP contribution in [-0.2, 0) is 6.54 Å². The van der Waals surface area contributed by atoms with E-state index in [1.54, 1.807) is 0 Å². The fraction of sp³-hybridized carbons (Fsp3) is 0.786. The average Bonchev–Trinajstić information content (AvgIpc) is 2.69. The van der Waals surface area contributed by atoms with Gasteiger partial charge >= 0.3 is 0 Å². The molecular formula is C14H26N4. The van der Waals surface area contributed by atoms with E-state index < -0.39 is 0 Å². The summed E-state index contributed by atoms with van der Waals surface area (Å²) in [6.07, 6.45) is 4.69. The fourth-order valence-corrected chi connectivity index (χ4v) is 2.67. The van der Waals surface area contributed by atoms with E-state index >= 15 is 0 Å². The van der Waals surface area contributed by atoms with Crippen LogP contribution in [0.4, 0.5) is 5.95 Å². The summed E-state index contributed by atoms with van der Waals surface area (Å²) in [5.74, 6) is 1.77. The van der Waals surface area contributed by atoms with E-state index in [0.717, 1.165) is 31.3 Å². The third kappa shape index (κ3) is 3.05. The SMILES string of the molecule is Cc1cn(CC(C)C)c(N(C)C2CCCNC2)n1. The van der Waals surface area contributed by atoms with E-state index in [2.05, 4.69) is 48.8 Å². The van der Waals surface area contributed by atoms with Crippen molar-refractivity contribution in [1.82, 2.24) is 14.9 Å². The second kappa shape index (κ2) is 5.74. The Balaban J connectivity index is 2.14. The van der Waals surface area contributed by atoms with Crippen LogP contribution in [0.3, 0.4) is 0 Å². The number of anilines is 1. The highest BCUT2D eigenvalue weighted by molar-refractivity contribution is 5.34. The van der Waals surface area contributed by atoms with Crippen molar-refractivity contribution in [1.29, 1.82) is 0 Å². The standard InChI is InChI=1S/C14H26N4/c1-11(2)9-18-10-12(3)16-14(18)17(4)13-6-5-7-15-8-13/h10-11,13,15H,5-9H2,1-4H3. The minimum atomic E-state index is 0.575. The Labute approximate surface area is 110 Å². The Hall–Kier alpha value is -1.03. The Morgan fingerprint density at radius 3 is 2.94 bits per heavy atom. The number of likely N-dealkylation sites (N-methyl/N-ethyl adjacent to an activating group) is 1. The largest absolute Gasteiger partial charge is 0.341 e. The van der Waals surface area contributed by atoms with Crippen LogP contribution in [0.15, 0.2) is 6.20 Å². The molecule has 102 valence electrons. The molecule has 2 heterocycles. The molecule has 0 saturated carbocycles. The van der Waals surface area contributed by atoms with Crippen LogP contribution < -0.4 is 10.2 Å². The van der Waals surface area contributed by atoms with Crippen LogP contribution in [0.1, 0.15) is 32.4 Å². The van der Waals surface area contributed by atoms with Gasteiger partial charge in [-0.25, -0.2) is 4.98 Å². The first-order valence-electron chi connectivity index (χ1n) is 7.05. The molecule has 0 spiro atoms. The van der Waals surface area contributed by atoms with Gasteiger partial charge in [-0.2, -0.15) is 0 Å². The minimum absolute atomic E-state index is 0.575. The van der Waals surface area contributed by atoms with Crippen LogP contribution in [0, 0.1) is 12.8 Å². The number of hydrogen-bond acceptors (Lipinski definition) is 3. The zero-order chi connectivity index (χ0) is 13.1. The first-order valence-corrected chi connectivity index (χ1v) is 7.05. The molecule has 1 aliphatic rings. The van der Waals surface area contributed by atoms with Gasteiger partial charge in [0, 0.05) is 32.4 Å². The molecule has 0 aliphatic carbocycles. The lowest BCUT2D eigenvalue weighted by molar-refractivity contribution is 0.433. The molecule has 18 heavy (non-hydrogen) atoms. The number of aromatic nitrogens is 2. The molecule has 1 fully saturated rings. The lowest BCUT2D eigenvalue weighted by Crippen LogP contribution is -2.45. The Bertz CT molecular complexity index is 377. The van der Waals surface area contributed by atoms with Crippen molar-refractivity contribution < 1.29 is 0 Å². The van der Waals surface area contributed by atoms with Gasteiger partial charge in [-0.1, -0.05) is 13.8 Å². The number of imidazole rings is 1. The van der Waals surface area contributed by atoms with E-state index in [4.69, 9.17) is 4.98 Å². The Kier molecular flexibility index (Phi) is 4.27. The highest BCUT2D eigenvalue weighted by Gasteiger charge is 2.21. The third-order valence-corrected chi connectivity index (χ3v) is 3.57. The predicted molar refractivity (Wildman–Crippen MR) is 76.1 cm³/mol. The van der Waals surface area contributed by atoms with E-state index in [9.17, 15) is 0 Å². The third-order valence-electron chi connectivity index (χ3n) is 3.57. The fourth-order valence-electron chi connectivity index (χ4n) is 2.67. The number of aryl methyl sites for hydroxylation is 1. The van der Waals surface area contributed by atoms with Crippen LogP contribution in [-0.4, -0.2) is 35.7 Å². The van der Waals surface area contributed by atoms with Crippen molar-refractivity contribution in [2.75, 3.05) is 25.0 Å². The first-order chi connectivity index (χ1) is 8.58. The van der Waals surface area contributed by atoms with E-state index in [1.165, 1.54) is 12.8 Å². The maximum Gasteiger partial charge on any atom is 0.205 e. The molecule has 1 atom stereocenters. The number of hydrogen-bond donors (Lipinski definition) is 1. The number of nitrogens with zero attached hydrogens (tertiary/aromatic N) is 3. The monoisotopic (exact) mass is 250 g/mol. The van der Waals surface area contributed by atoms with Crippen molar-refractivity contribution in [3.8, 4) is 0 Å². The van der Waals surface area contributed by atoms with Crippen molar-refractivity contribution in [2.24, 2.45) is 5.92 Å². The summed E-state index contributed by atoms with van der Waals surface area (Å²) in [4.78, 5) is 7.05. The molecule has 0 amide bonds. The van der Waals surface area contributed by atoms with Gasteiger partial charge in [0.2, 0.25) is 5.95 Å². The molecule has 1 saturated heterocycles. The number of rotatable bonds is 4. The topological polar surface area (TPSA) is 33.1 Å². The van der Waals surface area contributed by atoms with Gasteiger partial charge in [0.05, 0.1) is 5.69 Å². The first kappa shape index (κ1) is 13.4. The van der Waals surface area contributed by atoms with Gasteiger partial charge in [0.25, 0.3) is 0 Å². The summed E-state index contributed by atoms with van der Waals surface area (Å²) in [5, 5.41) is 3.47. The molecule has 1 aromatic heterocycles. The van der Waals surface area contributed by atoms with Gasteiger partial charge < -0.3 is 14.8 Å². The van der Waals surface area contributed by atoms with Crippen LogP contribution in [0.25, 0.3) is 0 Å². The molecule has 4 heteroatoms. The molecular weight excluding hydrogens is 224 g/mol. The summed E-state index contributed by atoms with van der Waals surface area (Å²) in [6.45, 7) is 9.85. The Morgan fingerprint density at radius 1 is 1.56 bits per heavy atom. The van der Waals surface area contributed by atoms with Crippen molar-refractivity contribution in [3.05, 3.63) is 11.9 Å². The predicted octanol–water partition coefficient (Wildman–Crippen LogP) is 2.04. The van der Waals surface area contributed by atoms with Crippen LogP contribution >= 0.6 is 0 Å². The lowest BCUT2D eigenvalue weighted by Gasteiger charge is -2.32. The van der Waals surface area contributed by atoms with E-state index in [-0.39, 0.29) is 0 Å². The van der Waals surface area contributed by atoms with Crippen molar-refractivity contribution >= 4 is 5.95 Å². The maximum atomic E-state index is 4.70. The number of nitrogens with one attached hydrogen (secondary N) is 1. The second-order valence-electron chi connectivity index (χ2n) is 5.84. The molecule has 2 rings (SSSR count). The zero-order valence-corrected chi connectivity index (χ0v) is 12.1. The lowest BCUT2D eigenvalue weighted by atomic mass is 10.1. The van der Waals surface area contributed by atoms with E-state index in [1.807, 2.05) is 0 Å². The molecule has 0 aromatic carbocycles. The average molecular weight is 250 g/mol. The minimum Gasteiger partial charge on any atom is -0.341 e. The summed E-state index contributed by atoms with van der Waals surface area (Å²) in [5.41, 5.74) is 1.11. The van der Waals surface area contributed by atoms with Gasteiger partial charge in [0.15, 0.2) is 0 Å². The van der Waals surface area contributed by atoms with Gasteiger partial charge in [-0.15, -0.1) is 0 Å². The number of piperidine rings is 1. The van der Waals surface area contributed by atoms with Gasteiger partial charge in [-0.05, 0) is 32.2 Å². The second-order valence-corrected chi connectivity index (χ2v) is 5.84. The quantitative estimate of drug-likeness (QED) is 0.887. The summed E-state index contributed by atoms with van der Waals surface area (Å²) in [7, 11) is 2.18. The van der Waals surface area contributed by atoms with Crippen LogP contribution in [0.5, 0.6) is 0 Å². The molecule has 4 nitrogen and oxygen atoms in total. The van der Waals surface area contributed by atoms with Crippen molar-refractivity contribution in [3.63, 3.8) is 0 Å². The Morgan fingerprint density at radius 2 is 2.33 bits per heavy atom. The molecule has 1 N–H and O–H groups in total. The van der Waals surface area contributed by atoms with Crippen molar-refractivity contribution in [2.45, 2.75) is 46.2 Å².